The molecule has 1 atom stereocenters. The largest absolute Gasteiger partial charge is 0.467 e. The molecule has 2 aliphatic rings. The maximum atomic E-state index is 13.1. The summed E-state index contributed by atoms with van der Waals surface area (Å²) in [6.07, 6.45) is 3.29. The van der Waals surface area contributed by atoms with Gasteiger partial charge in [0.05, 0.1) is 18.9 Å². The molecule has 0 radical (unpaired) electrons. The van der Waals surface area contributed by atoms with Crippen molar-refractivity contribution in [2.75, 3.05) is 19.6 Å². The van der Waals surface area contributed by atoms with Crippen molar-refractivity contribution >= 4 is 22.6 Å². The zero-order valence-corrected chi connectivity index (χ0v) is 16.0. The van der Waals surface area contributed by atoms with E-state index in [2.05, 4.69) is 10.0 Å². The Bertz CT molecular complexity index is 998. The summed E-state index contributed by atoms with van der Waals surface area (Å²) in [5, 5.41) is 16.9. The van der Waals surface area contributed by atoms with Crippen molar-refractivity contribution in [3.63, 3.8) is 0 Å². The summed E-state index contributed by atoms with van der Waals surface area (Å²) in [6.45, 7) is 1.71. The van der Waals surface area contributed by atoms with E-state index < -0.39 is 0 Å². The van der Waals surface area contributed by atoms with Gasteiger partial charge in [0.15, 0.2) is 5.76 Å². The van der Waals surface area contributed by atoms with Crippen LogP contribution in [0.5, 0.6) is 0 Å². The number of aliphatic hydroxyl groups excluding tert-OH is 1. The Hall–Kier alpha value is -2.90. The van der Waals surface area contributed by atoms with Gasteiger partial charge < -0.3 is 13.9 Å². The van der Waals surface area contributed by atoms with Gasteiger partial charge in [-0.05, 0) is 37.1 Å². The Morgan fingerprint density at radius 3 is 2.76 bits per heavy atom. The topological polar surface area (TPSA) is 82.4 Å². The average Bonchev–Trinajstić information content (AvgIpc) is 3.47. The first-order valence-electron chi connectivity index (χ1n) is 10.00. The number of hydrogen-bond donors (Lipinski definition) is 1. The number of carbonyl (C=O) groups is 1. The normalized spacial score (nSPS) is 21.1. The molecule has 1 saturated heterocycles. The van der Waals surface area contributed by atoms with Crippen LogP contribution in [0.3, 0.4) is 0 Å². The average molecular weight is 393 g/mol. The van der Waals surface area contributed by atoms with E-state index in [1.165, 1.54) is 5.01 Å². The van der Waals surface area contributed by atoms with Gasteiger partial charge in [0.2, 0.25) is 0 Å². The van der Waals surface area contributed by atoms with Gasteiger partial charge in [-0.2, -0.15) is 5.10 Å². The van der Waals surface area contributed by atoms with E-state index in [1.54, 1.807) is 6.26 Å². The van der Waals surface area contributed by atoms with Crippen LogP contribution in [0, 0.1) is 0 Å². The molecule has 150 valence electrons. The second kappa shape index (κ2) is 7.50. The highest BCUT2D eigenvalue weighted by molar-refractivity contribution is 6.03. The molecule has 3 aromatic rings. The molecule has 1 amide bonds. The van der Waals surface area contributed by atoms with Crippen molar-refractivity contribution in [2.45, 2.75) is 31.4 Å². The number of amides is 1. The molecule has 0 saturated carbocycles. The van der Waals surface area contributed by atoms with Gasteiger partial charge in [-0.15, -0.1) is 0 Å². The number of piperidine rings is 1. The fourth-order valence-corrected chi connectivity index (χ4v) is 4.06. The van der Waals surface area contributed by atoms with E-state index in [4.69, 9.17) is 8.83 Å². The van der Waals surface area contributed by atoms with Crippen molar-refractivity contribution in [3.05, 3.63) is 60.2 Å². The summed E-state index contributed by atoms with van der Waals surface area (Å²) >= 11 is 0. The predicted octanol–water partition coefficient (Wildman–Crippen LogP) is 3.16. The lowest BCUT2D eigenvalue weighted by Crippen LogP contribution is -2.43. The summed E-state index contributed by atoms with van der Waals surface area (Å²) in [4.78, 5) is 15.2. The number of carbonyl (C=O) groups excluding carboxylic acids is 1. The van der Waals surface area contributed by atoms with Crippen molar-refractivity contribution in [1.29, 1.82) is 0 Å². The fourth-order valence-electron chi connectivity index (χ4n) is 4.06. The zero-order chi connectivity index (χ0) is 19.8. The van der Waals surface area contributed by atoms with E-state index in [9.17, 15) is 9.90 Å². The van der Waals surface area contributed by atoms with E-state index in [-0.39, 0.29) is 24.6 Å². The van der Waals surface area contributed by atoms with E-state index in [0.29, 0.717) is 43.9 Å². The van der Waals surface area contributed by atoms with Crippen molar-refractivity contribution in [3.8, 4) is 0 Å². The minimum absolute atomic E-state index is 0.0751. The molecular formula is C22H23N3O4. The van der Waals surface area contributed by atoms with Gasteiger partial charge in [0.1, 0.15) is 23.1 Å². The molecule has 29 heavy (non-hydrogen) atoms. The predicted molar refractivity (Wildman–Crippen MR) is 107 cm³/mol. The summed E-state index contributed by atoms with van der Waals surface area (Å²) in [6, 6.07) is 13.2. The van der Waals surface area contributed by atoms with Gasteiger partial charge in [0, 0.05) is 24.9 Å². The highest BCUT2D eigenvalue weighted by atomic mass is 16.3. The quantitative estimate of drug-likeness (QED) is 0.736. The third kappa shape index (κ3) is 3.59. The van der Waals surface area contributed by atoms with Crippen LogP contribution in [0.4, 0.5) is 0 Å². The minimum Gasteiger partial charge on any atom is -0.467 e. The maximum Gasteiger partial charge on any atom is 0.257 e. The molecule has 1 unspecified atom stereocenters. The third-order valence-corrected chi connectivity index (χ3v) is 5.66. The van der Waals surface area contributed by atoms with Crippen LogP contribution < -0.4 is 0 Å². The molecule has 1 fully saturated rings. The highest BCUT2D eigenvalue weighted by Gasteiger charge is 2.36. The Labute approximate surface area is 168 Å². The monoisotopic (exact) mass is 393 g/mol. The molecule has 5 rings (SSSR count). The van der Waals surface area contributed by atoms with Crippen LogP contribution in [0.25, 0.3) is 11.0 Å². The minimum atomic E-state index is -0.281. The number of likely N-dealkylation sites (tertiary alicyclic amines) is 1. The van der Waals surface area contributed by atoms with Gasteiger partial charge in [-0.25, -0.2) is 5.01 Å². The molecule has 0 aliphatic carbocycles. The summed E-state index contributed by atoms with van der Waals surface area (Å²) in [7, 11) is 0. The van der Waals surface area contributed by atoms with Crippen molar-refractivity contribution in [2.24, 2.45) is 5.10 Å². The lowest BCUT2D eigenvalue weighted by atomic mass is 10.1. The van der Waals surface area contributed by atoms with Gasteiger partial charge in [-0.1, -0.05) is 18.2 Å². The Kier molecular flexibility index (Phi) is 4.69. The first-order valence-corrected chi connectivity index (χ1v) is 10.00. The summed E-state index contributed by atoms with van der Waals surface area (Å²) < 4.78 is 11.6. The van der Waals surface area contributed by atoms with Crippen molar-refractivity contribution in [1.82, 2.24) is 9.91 Å². The van der Waals surface area contributed by atoms with Gasteiger partial charge in [0.25, 0.3) is 5.91 Å². The Morgan fingerprint density at radius 2 is 2.00 bits per heavy atom. The number of hydrogen-bond acceptors (Lipinski definition) is 6. The molecule has 1 aromatic carbocycles. The number of furan rings is 2. The second-order valence-corrected chi connectivity index (χ2v) is 7.68. The maximum absolute atomic E-state index is 13.1. The number of fused-ring (bicyclic) bond motifs is 1. The number of rotatable bonds is 4. The van der Waals surface area contributed by atoms with Gasteiger partial charge >= 0.3 is 0 Å². The van der Waals surface area contributed by atoms with Gasteiger partial charge in [-0.3, -0.25) is 9.69 Å². The molecule has 7 heteroatoms. The molecular weight excluding hydrogens is 370 g/mol. The Morgan fingerprint density at radius 1 is 1.17 bits per heavy atom. The highest BCUT2D eigenvalue weighted by Crippen LogP contribution is 2.34. The number of hydrazone groups is 1. The third-order valence-electron chi connectivity index (χ3n) is 5.66. The number of benzene rings is 1. The van der Waals surface area contributed by atoms with Crippen LogP contribution in [-0.2, 0) is 4.79 Å². The molecule has 2 aliphatic heterocycles. The van der Waals surface area contributed by atoms with Crippen molar-refractivity contribution < 1.29 is 18.7 Å². The van der Waals surface area contributed by atoms with E-state index in [1.807, 2.05) is 42.5 Å². The molecule has 7 nitrogen and oxygen atoms in total. The first-order chi connectivity index (χ1) is 14.2. The Balaban J connectivity index is 1.41. The van der Waals surface area contributed by atoms with E-state index in [0.717, 1.165) is 16.7 Å². The zero-order valence-electron chi connectivity index (χ0n) is 16.0. The number of nitrogens with zero attached hydrogens (tertiary/aromatic N) is 3. The van der Waals surface area contributed by atoms with Crippen LogP contribution in [0.1, 0.15) is 36.8 Å². The molecule has 2 aromatic heterocycles. The van der Waals surface area contributed by atoms with E-state index >= 15 is 0 Å². The smallest absolute Gasteiger partial charge is 0.257 e. The molecule has 4 heterocycles. The number of para-hydroxylation sites is 1. The lowest BCUT2D eigenvalue weighted by molar-refractivity contribution is -0.135. The SMILES string of the molecule is O=C(CN1CCC(O)CC1)N1N=C(c2cc3ccccc3o2)CC1c1ccco1. The molecule has 1 N–H and O–H groups in total. The molecule has 0 spiro atoms. The van der Waals surface area contributed by atoms with Crippen LogP contribution >= 0.6 is 0 Å². The van der Waals surface area contributed by atoms with Crippen LogP contribution in [-0.4, -0.2) is 52.4 Å². The summed E-state index contributed by atoms with van der Waals surface area (Å²) in [5.41, 5.74) is 1.54. The summed E-state index contributed by atoms with van der Waals surface area (Å²) in [5.74, 6) is 1.32. The van der Waals surface area contributed by atoms with Crippen LogP contribution in [0.2, 0.25) is 0 Å². The lowest BCUT2D eigenvalue weighted by Gasteiger charge is -2.30. The fraction of sp³-hybridized carbons (Fsp3) is 0.364. The second-order valence-electron chi connectivity index (χ2n) is 7.68. The number of aliphatic hydroxyl groups is 1. The standard InChI is InChI=1S/C22H23N3O4/c26-16-7-9-24(10-8-16)14-22(27)25-18(20-6-3-11-28-20)13-17(23-25)21-12-15-4-1-2-5-19(15)29-21/h1-6,11-12,16,18,26H,7-10,13-14H2. The molecule has 0 bridgehead atoms. The first kappa shape index (κ1) is 18.1. The van der Waals surface area contributed by atoms with Crippen LogP contribution in [0.15, 0.2) is 62.7 Å².